The summed E-state index contributed by atoms with van der Waals surface area (Å²) >= 11 is 0. The van der Waals surface area contributed by atoms with Gasteiger partial charge in [0, 0.05) is 19.5 Å². The first-order valence-electron chi connectivity index (χ1n) is 10.3. The van der Waals surface area contributed by atoms with Crippen LogP contribution in [0.1, 0.15) is 45.0 Å². The lowest BCUT2D eigenvalue weighted by atomic mass is 10.1. The number of alkyl halides is 4. The first-order chi connectivity index (χ1) is 15.6. The zero-order chi connectivity index (χ0) is 25.7. The smallest absolute Gasteiger partial charge is 0.459 e. The molecular weight excluding hydrogens is 483 g/mol. The summed E-state index contributed by atoms with van der Waals surface area (Å²) in [5.74, 6) is -0.920. The Hall–Kier alpha value is -2.46. The number of carbonyl (C=O) groups excluding carboxylic acids is 1. The van der Waals surface area contributed by atoms with Gasteiger partial charge >= 0.3 is 18.5 Å². The number of carbonyl (C=O) groups is 1. The maximum absolute atomic E-state index is 13.0. The molecule has 0 aliphatic heterocycles. The van der Waals surface area contributed by atoms with Crippen molar-refractivity contribution in [1.82, 2.24) is 10.1 Å². The van der Waals surface area contributed by atoms with E-state index in [1.54, 1.807) is 27.7 Å². The lowest BCUT2D eigenvalue weighted by molar-refractivity contribution is -0.253. The van der Waals surface area contributed by atoms with Crippen LogP contribution < -0.4 is 4.74 Å². The number of nitrogens with zero attached hydrogens (tertiary/aromatic N) is 2. The van der Waals surface area contributed by atoms with E-state index < -0.39 is 42.9 Å². The van der Waals surface area contributed by atoms with Gasteiger partial charge in [-0.3, -0.25) is 9.36 Å². The molecule has 1 heterocycles. The van der Waals surface area contributed by atoms with Gasteiger partial charge in [-0.25, -0.2) is 0 Å². The molecule has 0 amide bonds. The Morgan fingerprint density at radius 2 is 1.79 bits per heavy atom. The number of aromatic nitrogens is 2. The molecule has 0 saturated heterocycles. The Balaban J connectivity index is 2.12. The van der Waals surface area contributed by atoms with Crippen LogP contribution in [0, 0.1) is 0 Å². The summed E-state index contributed by atoms with van der Waals surface area (Å²) in [4.78, 5) is 16.9. The fourth-order valence-electron chi connectivity index (χ4n) is 2.83. The first kappa shape index (κ1) is 27.8. The predicted molar refractivity (Wildman–Crippen MR) is 114 cm³/mol. The topological polar surface area (TPSA) is 101 Å². The summed E-state index contributed by atoms with van der Waals surface area (Å²) in [6, 6.07) is 4.98. The quantitative estimate of drug-likeness (QED) is 0.234. The SMILES string of the molecule is CCOP(C)(=O)C(Cc1nc(Cc2ccc(OC(F)(F)C(F)F)cc2)no1)C(=O)OC(C)(C)C. The van der Waals surface area contributed by atoms with Crippen LogP contribution in [-0.2, 0) is 31.5 Å². The van der Waals surface area contributed by atoms with Crippen molar-refractivity contribution in [3.8, 4) is 5.75 Å². The van der Waals surface area contributed by atoms with Crippen LogP contribution in [0.3, 0.4) is 0 Å². The highest BCUT2D eigenvalue weighted by atomic mass is 31.2. The van der Waals surface area contributed by atoms with Crippen LogP contribution in [0.2, 0.25) is 0 Å². The van der Waals surface area contributed by atoms with Crippen molar-refractivity contribution in [1.29, 1.82) is 0 Å². The normalized spacial score (nSPS) is 15.1. The Morgan fingerprint density at radius 1 is 1.18 bits per heavy atom. The van der Waals surface area contributed by atoms with Gasteiger partial charge in [0.2, 0.25) is 13.3 Å². The first-order valence-corrected chi connectivity index (χ1v) is 12.5. The van der Waals surface area contributed by atoms with Crippen molar-refractivity contribution < 1.29 is 45.4 Å². The molecule has 1 aromatic carbocycles. The molecule has 1 aromatic heterocycles. The molecule has 0 aliphatic carbocycles. The largest absolute Gasteiger partial charge is 0.461 e. The number of benzene rings is 1. The predicted octanol–water partition coefficient (Wildman–Crippen LogP) is 5.09. The van der Waals surface area contributed by atoms with Crippen molar-refractivity contribution >= 4 is 13.3 Å². The van der Waals surface area contributed by atoms with Gasteiger partial charge in [0.15, 0.2) is 5.82 Å². The third kappa shape index (κ3) is 8.09. The minimum Gasteiger partial charge on any atom is -0.459 e. The average Bonchev–Trinajstić information content (AvgIpc) is 3.13. The molecule has 0 fully saturated rings. The van der Waals surface area contributed by atoms with E-state index in [1.807, 2.05) is 0 Å². The van der Waals surface area contributed by atoms with Gasteiger partial charge in [0.1, 0.15) is 17.0 Å². The van der Waals surface area contributed by atoms with Gasteiger partial charge in [0.05, 0.1) is 6.61 Å². The van der Waals surface area contributed by atoms with Gasteiger partial charge in [-0.15, -0.1) is 0 Å². The van der Waals surface area contributed by atoms with Crippen LogP contribution in [0.4, 0.5) is 17.6 Å². The molecule has 0 spiro atoms. The molecular formula is C21H27F4N2O6P. The molecule has 34 heavy (non-hydrogen) atoms. The monoisotopic (exact) mass is 510 g/mol. The molecule has 8 nitrogen and oxygen atoms in total. The van der Waals surface area contributed by atoms with Crippen LogP contribution in [0.25, 0.3) is 0 Å². The molecule has 190 valence electrons. The van der Waals surface area contributed by atoms with E-state index in [4.69, 9.17) is 13.8 Å². The highest BCUT2D eigenvalue weighted by Gasteiger charge is 2.44. The lowest BCUT2D eigenvalue weighted by Crippen LogP contribution is -2.33. The second-order valence-corrected chi connectivity index (χ2v) is 11.2. The molecule has 0 saturated carbocycles. The number of rotatable bonds is 11. The molecule has 0 N–H and O–H groups in total. The van der Waals surface area contributed by atoms with Crippen molar-refractivity contribution in [2.45, 2.75) is 64.3 Å². The Kier molecular flexibility index (Phi) is 8.87. The highest BCUT2D eigenvalue weighted by molar-refractivity contribution is 7.60. The summed E-state index contributed by atoms with van der Waals surface area (Å²) in [5, 5.41) is 3.81. The van der Waals surface area contributed by atoms with Gasteiger partial charge in [-0.2, -0.15) is 22.5 Å². The summed E-state index contributed by atoms with van der Waals surface area (Å²) in [5.41, 5.74) is -1.41. The molecule has 2 aromatic rings. The Labute approximate surface area is 194 Å². The minimum atomic E-state index is -4.60. The van der Waals surface area contributed by atoms with Crippen LogP contribution in [-0.4, -0.2) is 53.2 Å². The van der Waals surface area contributed by atoms with E-state index in [0.717, 1.165) is 12.1 Å². The van der Waals surface area contributed by atoms with Gasteiger partial charge in [0.25, 0.3) is 0 Å². The number of ether oxygens (including phenoxy) is 2. The van der Waals surface area contributed by atoms with E-state index in [9.17, 15) is 26.9 Å². The summed E-state index contributed by atoms with van der Waals surface area (Å²) in [7, 11) is -3.43. The number of halogens is 4. The molecule has 0 radical (unpaired) electrons. The number of hydrogen-bond donors (Lipinski definition) is 0. The zero-order valence-electron chi connectivity index (χ0n) is 19.4. The van der Waals surface area contributed by atoms with Gasteiger partial charge < -0.3 is 18.5 Å². The average molecular weight is 510 g/mol. The molecule has 0 aliphatic rings. The fraction of sp³-hybridized carbons (Fsp3) is 0.571. The molecule has 2 unspecified atom stereocenters. The van der Waals surface area contributed by atoms with Crippen molar-refractivity contribution in [2.24, 2.45) is 0 Å². The minimum absolute atomic E-state index is 0.0316. The number of esters is 1. The van der Waals surface area contributed by atoms with Crippen LogP contribution in [0.5, 0.6) is 5.75 Å². The zero-order valence-corrected chi connectivity index (χ0v) is 20.3. The van der Waals surface area contributed by atoms with Crippen LogP contribution >= 0.6 is 7.37 Å². The van der Waals surface area contributed by atoms with Crippen molar-refractivity contribution in [3.63, 3.8) is 0 Å². The third-order valence-corrected chi connectivity index (χ3v) is 6.60. The third-order valence-electron chi connectivity index (χ3n) is 4.30. The molecule has 0 bridgehead atoms. The van der Waals surface area contributed by atoms with E-state index >= 15 is 0 Å². The molecule has 2 atom stereocenters. The fourth-order valence-corrected chi connectivity index (χ4v) is 4.44. The van der Waals surface area contributed by atoms with Crippen LogP contribution in [0.15, 0.2) is 28.8 Å². The van der Waals surface area contributed by atoms with E-state index in [2.05, 4.69) is 14.9 Å². The highest BCUT2D eigenvalue weighted by Crippen LogP contribution is 2.50. The van der Waals surface area contributed by atoms with Gasteiger partial charge in [-0.1, -0.05) is 17.3 Å². The Bertz CT molecular complexity index is 1010. The summed E-state index contributed by atoms with van der Waals surface area (Å²) < 4.78 is 83.4. The molecule has 13 heteroatoms. The van der Waals surface area contributed by atoms with Crippen molar-refractivity contribution in [2.75, 3.05) is 13.3 Å². The maximum Gasteiger partial charge on any atom is 0.461 e. The molecule has 2 rings (SSSR count). The standard InChI is InChI=1S/C21H27F4N2O6P/c1-6-30-34(5,29)15(18(28)32-20(2,3)4)12-17-26-16(27-33-17)11-13-7-9-14(10-8-13)31-21(24,25)19(22)23/h7-10,15,19H,6,11-12H2,1-5H3. The summed E-state index contributed by atoms with van der Waals surface area (Å²) in [6.45, 7) is 8.16. The van der Waals surface area contributed by atoms with E-state index in [-0.39, 0.29) is 31.2 Å². The van der Waals surface area contributed by atoms with Gasteiger partial charge in [-0.05, 0) is 45.4 Å². The van der Waals surface area contributed by atoms with Crippen molar-refractivity contribution in [3.05, 3.63) is 41.5 Å². The lowest BCUT2D eigenvalue weighted by Gasteiger charge is -2.26. The maximum atomic E-state index is 13.0. The Morgan fingerprint density at radius 3 is 2.32 bits per heavy atom. The van der Waals surface area contributed by atoms with E-state index in [1.165, 1.54) is 18.8 Å². The second-order valence-electron chi connectivity index (χ2n) is 8.47. The number of hydrogen-bond acceptors (Lipinski definition) is 8. The summed E-state index contributed by atoms with van der Waals surface area (Å²) in [6.07, 6.45) is -8.63. The van der Waals surface area contributed by atoms with E-state index in [0.29, 0.717) is 5.56 Å². The second kappa shape index (κ2) is 10.9.